The average molecular weight is 429 g/mol. The van der Waals surface area contributed by atoms with Gasteiger partial charge in [-0.15, -0.1) is 0 Å². The van der Waals surface area contributed by atoms with Crippen molar-refractivity contribution in [2.75, 3.05) is 19.0 Å². The van der Waals surface area contributed by atoms with E-state index >= 15 is 0 Å². The van der Waals surface area contributed by atoms with Crippen molar-refractivity contribution in [3.8, 4) is 17.7 Å². The molecule has 0 saturated heterocycles. The Balaban J connectivity index is 2.09. The van der Waals surface area contributed by atoms with Gasteiger partial charge in [-0.25, -0.2) is 9.97 Å². The van der Waals surface area contributed by atoms with Gasteiger partial charge in [-0.05, 0) is 38.5 Å². The number of nitrogens with zero attached hydrogens (tertiary/aromatic N) is 4. The molecular formula is C24H23N5O3. The lowest BCUT2D eigenvalue weighted by Gasteiger charge is -2.33. The van der Waals surface area contributed by atoms with Crippen LogP contribution in [0.25, 0.3) is 0 Å². The molecule has 0 fully saturated rings. The number of aromatic nitrogens is 3. The summed E-state index contributed by atoms with van der Waals surface area (Å²) in [6, 6.07) is 7.53. The van der Waals surface area contributed by atoms with Crippen molar-refractivity contribution in [3.63, 3.8) is 0 Å². The molecule has 1 atom stereocenters. The summed E-state index contributed by atoms with van der Waals surface area (Å²) >= 11 is 0. The second-order valence-corrected chi connectivity index (χ2v) is 7.37. The van der Waals surface area contributed by atoms with Gasteiger partial charge in [0.05, 0.1) is 42.5 Å². The molecule has 3 heterocycles. The molecule has 1 aliphatic rings. The van der Waals surface area contributed by atoms with Crippen LogP contribution in [0.5, 0.6) is 11.6 Å². The van der Waals surface area contributed by atoms with Crippen molar-refractivity contribution in [2.24, 2.45) is 0 Å². The summed E-state index contributed by atoms with van der Waals surface area (Å²) in [4.78, 5) is 22.2. The molecular weight excluding hydrogens is 406 g/mol. The van der Waals surface area contributed by atoms with Crippen LogP contribution in [0.15, 0.2) is 54.4 Å². The molecule has 8 heteroatoms. The van der Waals surface area contributed by atoms with Crippen LogP contribution < -0.4 is 14.8 Å². The number of methoxy groups -OCH3 is 1. The Hall–Kier alpha value is -4.12. The minimum atomic E-state index is -0.638. The van der Waals surface area contributed by atoms with Gasteiger partial charge < -0.3 is 14.8 Å². The highest BCUT2D eigenvalue weighted by atomic mass is 16.5. The van der Waals surface area contributed by atoms with E-state index in [1.54, 1.807) is 43.9 Å². The van der Waals surface area contributed by atoms with Gasteiger partial charge in [0.25, 0.3) is 5.91 Å². The molecule has 162 valence electrons. The van der Waals surface area contributed by atoms with Crippen molar-refractivity contribution in [3.05, 3.63) is 76.6 Å². The number of benzene rings is 1. The van der Waals surface area contributed by atoms with Gasteiger partial charge in [0.15, 0.2) is 0 Å². The van der Waals surface area contributed by atoms with Gasteiger partial charge in [-0.2, -0.15) is 5.26 Å². The fraction of sp³-hybridized carbons (Fsp3) is 0.250. The first-order valence-corrected chi connectivity index (χ1v) is 10.2. The summed E-state index contributed by atoms with van der Waals surface area (Å²) in [5.41, 5.74) is 4.55. The Morgan fingerprint density at radius 2 is 2.12 bits per heavy atom. The lowest BCUT2D eigenvalue weighted by molar-refractivity contribution is 0.0948. The second kappa shape index (κ2) is 8.55. The molecule has 0 radical (unpaired) electrons. The number of hydrogen-bond acceptors (Lipinski definition) is 7. The summed E-state index contributed by atoms with van der Waals surface area (Å²) < 4.78 is 13.0. The number of aryl methyl sites for hydroxylation is 1. The van der Waals surface area contributed by atoms with E-state index in [0.29, 0.717) is 46.2 Å². The van der Waals surface area contributed by atoms with Crippen LogP contribution in [-0.2, 0) is 0 Å². The Morgan fingerprint density at radius 1 is 1.31 bits per heavy atom. The largest absolute Gasteiger partial charge is 0.496 e. The van der Waals surface area contributed by atoms with Crippen LogP contribution in [0.2, 0.25) is 0 Å². The summed E-state index contributed by atoms with van der Waals surface area (Å²) in [5.74, 6) is 0.0150. The van der Waals surface area contributed by atoms with Crippen LogP contribution in [0.4, 0.5) is 5.69 Å². The number of rotatable bonds is 5. The van der Waals surface area contributed by atoms with E-state index in [0.717, 1.165) is 11.3 Å². The number of allylic oxidation sites excluding steroid dienone is 2. The first-order valence-electron chi connectivity index (χ1n) is 10.2. The van der Waals surface area contributed by atoms with Gasteiger partial charge in [0.1, 0.15) is 12.1 Å². The van der Waals surface area contributed by atoms with Crippen LogP contribution in [0.3, 0.4) is 0 Å². The summed E-state index contributed by atoms with van der Waals surface area (Å²) in [6.07, 6.45) is 6.34. The fourth-order valence-electron chi connectivity index (χ4n) is 4.12. The molecule has 0 amide bonds. The number of imidazole rings is 1. The van der Waals surface area contributed by atoms with Crippen LogP contribution in [0.1, 0.15) is 46.8 Å². The maximum atomic E-state index is 13.7. The maximum Gasteiger partial charge on any atom is 0.261 e. The summed E-state index contributed by atoms with van der Waals surface area (Å²) in [5, 5.41) is 13.3. The predicted molar refractivity (Wildman–Crippen MR) is 119 cm³/mol. The first kappa shape index (κ1) is 21.1. The van der Waals surface area contributed by atoms with Crippen LogP contribution in [-0.4, -0.2) is 34.2 Å². The zero-order chi connectivity index (χ0) is 22.8. The molecule has 8 nitrogen and oxygen atoms in total. The number of hydrogen-bond donors (Lipinski definition) is 1. The molecule has 0 unspecified atom stereocenters. The molecule has 0 spiro atoms. The zero-order valence-electron chi connectivity index (χ0n) is 18.3. The van der Waals surface area contributed by atoms with Gasteiger partial charge in [-0.1, -0.05) is 6.07 Å². The van der Waals surface area contributed by atoms with Gasteiger partial charge in [0.2, 0.25) is 5.88 Å². The fourth-order valence-corrected chi connectivity index (χ4v) is 4.12. The third kappa shape index (κ3) is 3.38. The number of fused-ring (bicyclic) bond motifs is 1. The maximum absolute atomic E-state index is 13.7. The third-order valence-electron chi connectivity index (χ3n) is 5.51. The number of ether oxygens (including phenoxy) is 2. The smallest absolute Gasteiger partial charge is 0.261 e. The number of carbonyl (C=O) groups excluding carboxylic acids is 1. The van der Waals surface area contributed by atoms with Gasteiger partial charge in [-0.3, -0.25) is 9.36 Å². The van der Waals surface area contributed by atoms with E-state index < -0.39 is 5.92 Å². The highest BCUT2D eigenvalue weighted by Gasteiger charge is 2.39. The van der Waals surface area contributed by atoms with Crippen LogP contribution >= 0.6 is 0 Å². The molecule has 3 aromatic rings. The minimum absolute atomic E-state index is 0.262. The highest BCUT2D eigenvalue weighted by Crippen LogP contribution is 2.50. The first-order chi connectivity index (χ1) is 15.5. The predicted octanol–water partition coefficient (Wildman–Crippen LogP) is 4.04. The molecule has 4 rings (SSSR count). The molecule has 1 N–H and O–H groups in total. The normalized spacial score (nSPS) is 14.9. The number of nitrogens with one attached hydrogen (secondary N) is 1. The number of nitriles is 1. The quantitative estimate of drug-likeness (QED) is 0.653. The molecule has 1 aromatic carbocycles. The second-order valence-electron chi connectivity index (χ2n) is 7.37. The molecule has 0 saturated carbocycles. The number of pyridine rings is 1. The van der Waals surface area contributed by atoms with Gasteiger partial charge in [0, 0.05) is 35.4 Å². The van der Waals surface area contributed by atoms with E-state index in [1.165, 1.54) is 10.9 Å². The SMILES string of the molecule is CCOc1ncc(C)c2c1[C@H](c1c(C#N)cccc1OC)C(C(=O)n1ccnc1)=C(C)N2. The molecule has 0 aliphatic carbocycles. The minimum Gasteiger partial charge on any atom is -0.496 e. The topological polar surface area (TPSA) is 102 Å². The Kier molecular flexibility index (Phi) is 5.65. The molecule has 1 aliphatic heterocycles. The highest BCUT2D eigenvalue weighted by molar-refractivity contribution is 6.01. The third-order valence-corrected chi connectivity index (χ3v) is 5.51. The van der Waals surface area contributed by atoms with E-state index in [2.05, 4.69) is 21.4 Å². The van der Waals surface area contributed by atoms with E-state index in [-0.39, 0.29) is 5.91 Å². The Bertz CT molecular complexity index is 1260. The number of anilines is 1. The average Bonchev–Trinajstić information content (AvgIpc) is 3.34. The molecule has 2 aromatic heterocycles. The monoisotopic (exact) mass is 429 g/mol. The Morgan fingerprint density at radius 3 is 2.78 bits per heavy atom. The van der Waals surface area contributed by atoms with Crippen molar-refractivity contribution < 1.29 is 14.3 Å². The van der Waals surface area contributed by atoms with Crippen LogP contribution in [0, 0.1) is 18.3 Å². The number of carbonyl (C=O) groups is 1. The standard InChI is InChI=1S/C24H23N5O3/c1-5-32-23-21-20(19-16(11-25)7-6-8-17(19)31-4)18(24(30)29-10-9-26-13-29)15(3)28-22(21)14(2)12-27-23/h6-10,12-13,20,28H,5H2,1-4H3/t20-/m0/s1. The molecule has 0 bridgehead atoms. The van der Waals surface area contributed by atoms with Gasteiger partial charge >= 0.3 is 0 Å². The van der Waals surface area contributed by atoms with Crippen molar-refractivity contribution >= 4 is 11.6 Å². The summed E-state index contributed by atoms with van der Waals surface area (Å²) in [7, 11) is 1.55. The van der Waals surface area contributed by atoms with E-state index in [4.69, 9.17) is 9.47 Å². The Labute approximate surface area is 186 Å². The lowest BCUT2D eigenvalue weighted by Crippen LogP contribution is -2.28. The summed E-state index contributed by atoms with van der Waals surface area (Å²) in [6.45, 7) is 6.07. The lowest BCUT2D eigenvalue weighted by atomic mass is 9.78. The van der Waals surface area contributed by atoms with Crippen molar-refractivity contribution in [1.29, 1.82) is 5.26 Å². The zero-order valence-corrected chi connectivity index (χ0v) is 18.3. The molecule has 32 heavy (non-hydrogen) atoms. The van der Waals surface area contributed by atoms with E-state index in [9.17, 15) is 10.1 Å². The van der Waals surface area contributed by atoms with Crippen molar-refractivity contribution in [2.45, 2.75) is 26.7 Å². The van der Waals surface area contributed by atoms with E-state index in [1.807, 2.05) is 20.8 Å². The van der Waals surface area contributed by atoms with Crippen molar-refractivity contribution in [1.82, 2.24) is 14.5 Å².